The largest absolute Gasteiger partial charge is 0.366 e. The van der Waals surface area contributed by atoms with Gasteiger partial charge in [0.2, 0.25) is 0 Å². The third-order valence-corrected chi connectivity index (χ3v) is 5.19. The van der Waals surface area contributed by atoms with Crippen LogP contribution < -0.4 is 16.4 Å². The van der Waals surface area contributed by atoms with Gasteiger partial charge in [0.05, 0.1) is 5.56 Å². The Hall–Kier alpha value is -2.67. The number of quaternary nitrogens is 1. The fourth-order valence-corrected chi connectivity index (χ4v) is 3.73. The number of nitrogens with two attached hydrogens (primary N) is 2. The summed E-state index contributed by atoms with van der Waals surface area (Å²) in [6, 6.07) is 19.1. The van der Waals surface area contributed by atoms with E-state index in [9.17, 15) is 9.59 Å². The highest BCUT2D eigenvalue weighted by atomic mass is 35.5. The van der Waals surface area contributed by atoms with E-state index in [4.69, 9.17) is 17.3 Å². The molecular weight excluding hydrogens is 382 g/mol. The van der Waals surface area contributed by atoms with Gasteiger partial charge in [0, 0.05) is 16.1 Å². The van der Waals surface area contributed by atoms with Crippen molar-refractivity contribution in [1.82, 2.24) is 0 Å². The lowest BCUT2D eigenvalue weighted by molar-refractivity contribution is -0.676. The van der Waals surface area contributed by atoms with Gasteiger partial charge in [-0.05, 0) is 23.6 Å². The summed E-state index contributed by atoms with van der Waals surface area (Å²) in [7, 11) is 0. The van der Waals surface area contributed by atoms with Crippen LogP contribution in [-0.2, 0) is 4.79 Å². The lowest BCUT2D eigenvalue weighted by Gasteiger charge is -2.16. The molecule has 27 heavy (non-hydrogen) atoms. The van der Waals surface area contributed by atoms with Crippen LogP contribution in [0.15, 0.2) is 66.0 Å². The number of hydrogen-bond donors (Lipinski definition) is 3. The van der Waals surface area contributed by atoms with E-state index in [-0.39, 0.29) is 18.5 Å². The van der Waals surface area contributed by atoms with E-state index in [1.807, 2.05) is 59.9 Å². The Morgan fingerprint density at radius 2 is 1.70 bits per heavy atom. The fraction of sp³-hybridized carbons (Fsp3) is 0.100. The van der Waals surface area contributed by atoms with Gasteiger partial charge in [0.25, 0.3) is 11.8 Å². The molecule has 1 atom stereocenters. The van der Waals surface area contributed by atoms with Crippen LogP contribution in [0, 0.1) is 0 Å². The van der Waals surface area contributed by atoms with Crippen LogP contribution in [0.2, 0.25) is 5.02 Å². The van der Waals surface area contributed by atoms with Crippen LogP contribution >= 0.6 is 22.9 Å². The molecule has 2 aromatic carbocycles. The molecule has 0 unspecified atom stereocenters. The van der Waals surface area contributed by atoms with Crippen molar-refractivity contribution in [2.75, 3.05) is 11.9 Å². The highest BCUT2D eigenvalue weighted by Crippen LogP contribution is 2.23. The van der Waals surface area contributed by atoms with Crippen molar-refractivity contribution in [1.29, 1.82) is 0 Å². The number of benzene rings is 2. The molecule has 1 aromatic heterocycles. The maximum absolute atomic E-state index is 12.4. The van der Waals surface area contributed by atoms with Crippen LogP contribution in [0.25, 0.3) is 0 Å². The number of amides is 2. The molecule has 0 saturated heterocycles. The van der Waals surface area contributed by atoms with Gasteiger partial charge in [-0.2, -0.15) is 0 Å². The van der Waals surface area contributed by atoms with Crippen LogP contribution in [0.3, 0.4) is 0 Å². The molecule has 0 spiro atoms. The van der Waals surface area contributed by atoms with Crippen molar-refractivity contribution in [2.24, 2.45) is 5.73 Å². The normalized spacial score (nSPS) is 11.7. The summed E-state index contributed by atoms with van der Waals surface area (Å²) in [5.41, 5.74) is 7.78. The molecule has 0 aliphatic carbocycles. The first kappa shape index (κ1) is 19.1. The van der Waals surface area contributed by atoms with Crippen LogP contribution in [-0.4, -0.2) is 18.4 Å². The van der Waals surface area contributed by atoms with Crippen molar-refractivity contribution in [3.8, 4) is 0 Å². The Labute approximate surface area is 166 Å². The van der Waals surface area contributed by atoms with E-state index in [0.717, 1.165) is 11.1 Å². The van der Waals surface area contributed by atoms with Crippen molar-refractivity contribution in [3.05, 3.63) is 87.8 Å². The Morgan fingerprint density at radius 3 is 2.37 bits per heavy atom. The number of thiophene rings is 1. The maximum Gasteiger partial charge on any atom is 0.280 e. The van der Waals surface area contributed by atoms with Crippen LogP contribution in [0.4, 0.5) is 5.00 Å². The Morgan fingerprint density at radius 1 is 1.04 bits per heavy atom. The van der Waals surface area contributed by atoms with E-state index in [1.165, 1.54) is 11.3 Å². The molecule has 0 saturated carbocycles. The molecule has 1 heterocycles. The first-order valence-electron chi connectivity index (χ1n) is 8.35. The van der Waals surface area contributed by atoms with E-state index in [2.05, 4.69) is 5.32 Å². The molecule has 5 nitrogen and oxygen atoms in total. The van der Waals surface area contributed by atoms with Crippen molar-refractivity contribution >= 4 is 39.8 Å². The number of primary amides is 1. The number of hydrogen-bond acceptors (Lipinski definition) is 3. The zero-order valence-corrected chi connectivity index (χ0v) is 16.0. The Kier molecular flexibility index (Phi) is 6.24. The molecule has 0 radical (unpaired) electrons. The second-order valence-electron chi connectivity index (χ2n) is 5.96. The second-order valence-corrected chi connectivity index (χ2v) is 7.31. The molecule has 2 amide bonds. The first-order valence-corrected chi connectivity index (χ1v) is 9.61. The number of carbonyl (C=O) groups excluding carboxylic acids is 2. The fourth-order valence-electron chi connectivity index (χ4n) is 2.80. The molecule has 3 aromatic rings. The minimum Gasteiger partial charge on any atom is -0.366 e. The van der Waals surface area contributed by atoms with Crippen LogP contribution in [0.5, 0.6) is 0 Å². The van der Waals surface area contributed by atoms with Gasteiger partial charge in [-0.1, -0.05) is 54.1 Å². The van der Waals surface area contributed by atoms with Gasteiger partial charge in [-0.3, -0.25) is 9.59 Å². The minimum absolute atomic E-state index is 0.0480. The summed E-state index contributed by atoms with van der Waals surface area (Å²) in [6.45, 7) is 0.193. The lowest BCUT2D eigenvalue weighted by Crippen LogP contribution is -2.87. The maximum atomic E-state index is 12.4. The van der Waals surface area contributed by atoms with Gasteiger partial charge in [-0.15, -0.1) is 11.3 Å². The molecule has 138 valence electrons. The monoisotopic (exact) mass is 400 g/mol. The minimum atomic E-state index is -0.557. The van der Waals surface area contributed by atoms with Crippen molar-refractivity contribution < 1.29 is 14.9 Å². The molecule has 5 N–H and O–H groups in total. The predicted molar refractivity (Wildman–Crippen MR) is 108 cm³/mol. The number of nitrogens with one attached hydrogen (secondary N) is 1. The number of halogens is 1. The molecule has 0 aliphatic rings. The summed E-state index contributed by atoms with van der Waals surface area (Å²) in [4.78, 5) is 23.8. The van der Waals surface area contributed by atoms with Gasteiger partial charge in [0.1, 0.15) is 11.0 Å². The van der Waals surface area contributed by atoms with E-state index < -0.39 is 5.91 Å². The van der Waals surface area contributed by atoms with Gasteiger partial charge in [0.15, 0.2) is 6.54 Å². The summed E-state index contributed by atoms with van der Waals surface area (Å²) in [6.07, 6.45) is 0. The summed E-state index contributed by atoms with van der Waals surface area (Å²) < 4.78 is 0. The van der Waals surface area contributed by atoms with Crippen molar-refractivity contribution in [3.63, 3.8) is 0 Å². The Balaban J connectivity index is 1.73. The Bertz CT molecular complexity index is 926. The first-order chi connectivity index (χ1) is 13.0. The number of carbonyl (C=O) groups is 2. The molecular formula is C20H19ClN3O2S+. The smallest absolute Gasteiger partial charge is 0.280 e. The average Bonchev–Trinajstić information content (AvgIpc) is 3.12. The zero-order chi connectivity index (χ0) is 19.2. The quantitative estimate of drug-likeness (QED) is 0.569. The van der Waals surface area contributed by atoms with Crippen molar-refractivity contribution in [2.45, 2.75) is 6.04 Å². The van der Waals surface area contributed by atoms with Gasteiger partial charge in [-0.25, -0.2) is 0 Å². The molecule has 0 fully saturated rings. The summed E-state index contributed by atoms with van der Waals surface area (Å²) in [5.74, 6) is -0.756. The third-order valence-electron chi connectivity index (χ3n) is 4.11. The van der Waals surface area contributed by atoms with Gasteiger partial charge < -0.3 is 16.4 Å². The second kappa shape index (κ2) is 8.81. The molecule has 0 aliphatic heterocycles. The number of anilines is 1. The van der Waals surface area contributed by atoms with Gasteiger partial charge >= 0.3 is 0 Å². The predicted octanol–water partition coefficient (Wildman–Crippen LogP) is 2.79. The standard InChI is InChI=1S/C20H18ClN3O2S/c21-15-8-6-14(7-9-15)18(13-4-2-1-3-5-13)23-12-17(25)24-20-16(19(22)26)10-11-27-20/h1-11,18,23H,12H2,(H2,22,26)(H,24,25)/p+1/t18-/m1/s1. The van der Waals surface area contributed by atoms with E-state index in [0.29, 0.717) is 15.6 Å². The summed E-state index contributed by atoms with van der Waals surface area (Å²) >= 11 is 7.27. The lowest BCUT2D eigenvalue weighted by atomic mass is 9.99. The topological polar surface area (TPSA) is 88.8 Å². The molecule has 7 heteroatoms. The molecule has 3 rings (SSSR count). The zero-order valence-electron chi connectivity index (χ0n) is 14.4. The van der Waals surface area contributed by atoms with E-state index in [1.54, 1.807) is 11.4 Å². The number of rotatable bonds is 7. The SMILES string of the molecule is NC(=O)c1ccsc1NC(=O)C[NH2+][C@H](c1ccccc1)c1ccc(Cl)cc1. The van der Waals surface area contributed by atoms with E-state index >= 15 is 0 Å². The van der Waals surface area contributed by atoms with Crippen LogP contribution in [0.1, 0.15) is 27.5 Å². The highest BCUT2D eigenvalue weighted by molar-refractivity contribution is 7.14. The molecule has 0 bridgehead atoms. The highest BCUT2D eigenvalue weighted by Gasteiger charge is 2.20. The third kappa shape index (κ3) is 4.95. The average molecular weight is 401 g/mol. The summed E-state index contributed by atoms with van der Waals surface area (Å²) in [5, 5.41) is 7.58.